The maximum atomic E-state index is 10.8. The highest BCUT2D eigenvalue weighted by molar-refractivity contribution is 9.10. The second kappa shape index (κ2) is 4.76. The molecule has 0 atom stereocenters. The summed E-state index contributed by atoms with van der Waals surface area (Å²) in [4.78, 5) is 10.8. The molecule has 0 unspecified atom stereocenters. The molecule has 1 rings (SSSR count). The highest BCUT2D eigenvalue weighted by atomic mass is 79.9. The van der Waals surface area contributed by atoms with Crippen molar-refractivity contribution in [3.8, 4) is 6.07 Å². The van der Waals surface area contributed by atoms with Gasteiger partial charge in [-0.05, 0) is 36.3 Å². The Bertz CT molecular complexity index is 452. The highest BCUT2D eigenvalue weighted by Crippen LogP contribution is 2.17. The number of carbonyl (C=O) groups is 1. The van der Waals surface area contributed by atoms with Gasteiger partial charge in [-0.2, -0.15) is 5.26 Å². The van der Waals surface area contributed by atoms with Crippen molar-refractivity contribution in [2.24, 2.45) is 5.73 Å². The number of benzene rings is 1. The van der Waals surface area contributed by atoms with Crippen molar-refractivity contribution in [2.45, 2.75) is 6.92 Å². The van der Waals surface area contributed by atoms with Gasteiger partial charge in [0.2, 0.25) is 0 Å². The molecule has 15 heavy (non-hydrogen) atoms. The molecule has 0 aromatic heterocycles. The Kier molecular flexibility index (Phi) is 3.64. The number of halogens is 1. The summed E-state index contributed by atoms with van der Waals surface area (Å²) < 4.78 is 0.899. The van der Waals surface area contributed by atoms with E-state index in [9.17, 15) is 4.79 Å². The van der Waals surface area contributed by atoms with E-state index in [1.54, 1.807) is 6.07 Å². The van der Waals surface area contributed by atoms with Crippen molar-refractivity contribution in [1.82, 2.24) is 0 Å². The SMILES string of the molecule is Cc1cc(Br)cc(/C=C(\C#N)C(N)=O)c1. The summed E-state index contributed by atoms with van der Waals surface area (Å²) in [6.45, 7) is 1.93. The van der Waals surface area contributed by atoms with Crippen molar-refractivity contribution in [3.05, 3.63) is 39.4 Å². The number of hydrogen-bond donors (Lipinski definition) is 1. The molecule has 0 aliphatic heterocycles. The van der Waals surface area contributed by atoms with E-state index in [-0.39, 0.29) is 5.57 Å². The number of nitrogens with zero attached hydrogens (tertiary/aromatic N) is 1. The van der Waals surface area contributed by atoms with Crippen LogP contribution in [-0.4, -0.2) is 5.91 Å². The Balaban J connectivity index is 3.18. The lowest BCUT2D eigenvalue weighted by atomic mass is 10.1. The lowest BCUT2D eigenvalue weighted by molar-refractivity contribution is -0.114. The Morgan fingerprint density at radius 1 is 1.53 bits per heavy atom. The van der Waals surface area contributed by atoms with E-state index in [4.69, 9.17) is 11.0 Å². The Morgan fingerprint density at radius 2 is 2.20 bits per heavy atom. The van der Waals surface area contributed by atoms with Crippen molar-refractivity contribution in [3.63, 3.8) is 0 Å². The Labute approximate surface area is 96.3 Å². The number of aryl methyl sites for hydroxylation is 1. The molecule has 4 heteroatoms. The van der Waals surface area contributed by atoms with Crippen LogP contribution in [0.5, 0.6) is 0 Å². The molecule has 0 aliphatic rings. The van der Waals surface area contributed by atoms with Crippen molar-refractivity contribution in [1.29, 1.82) is 5.26 Å². The quantitative estimate of drug-likeness (QED) is 0.657. The van der Waals surface area contributed by atoms with Crippen LogP contribution in [0.1, 0.15) is 11.1 Å². The summed E-state index contributed by atoms with van der Waals surface area (Å²) in [6, 6.07) is 7.38. The largest absolute Gasteiger partial charge is 0.365 e. The molecule has 0 bridgehead atoms. The van der Waals surface area contributed by atoms with E-state index in [1.807, 2.05) is 25.1 Å². The van der Waals surface area contributed by atoms with Crippen LogP contribution in [0.2, 0.25) is 0 Å². The van der Waals surface area contributed by atoms with Crippen LogP contribution in [0.25, 0.3) is 6.08 Å². The molecule has 0 saturated heterocycles. The summed E-state index contributed by atoms with van der Waals surface area (Å²) in [6.07, 6.45) is 1.47. The minimum absolute atomic E-state index is 0.0486. The molecule has 0 radical (unpaired) electrons. The van der Waals surface area contributed by atoms with Crippen LogP contribution in [-0.2, 0) is 4.79 Å². The zero-order chi connectivity index (χ0) is 11.4. The topological polar surface area (TPSA) is 66.9 Å². The molecule has 0 heterocycles. The van der Waals surface area contributed by atoms with Crippen LogP contribution >= 0.6 is 15.9 Å². The van der Waals surface area contributed by atoms with Crippen LogP contribution in [0.15, 0.2) is 28.2 Å². The third kappa shape index (κ3) is 3.22. The van der Waals surface area contributed by atoms with Crippen molar-refractivity contribution in [2.75, 3.05) is 0 Å². The van der Waals surface area contributed by atoms with E-state index in [2.05, 4.69) is 15.9 Å². The number of amides is 1. The molecular weight excluding hydrogens is 256 g/mol. The summed E-state index contributed by atoms with van der Waals surface area (Å²) in [5.41, 5.74) is 6.80. The third-order valence-corrected chi connectivity index (χ3v) is 2.22. The Morgan fingerprint density at radius 3 is 2.67 bits per heavy atom. The van der Waals surface area contributed by atoms with E-state index in [1.165, 1.54) is 6.08 Å². The second-order valence-electron chi connectivity index (χ2n) is 3.10. The minimum Gasteiger partial charge on any atom is -0.365 e. The second-order valence-corrected chi connectivity index (χ2v) is 4.01. The molecule has 0 spiro atoms. The third-order valence-electron chi connectivity index (χ3n) is 1.76. The van der Waals surface area contributed by atoms with Gasteiger partial charge in [0.1, 0.15) is 11.6 Å². The van der Waals surface area contributed by atoms with Crippen LogP contribution in [0, 0.1) is 18.3 Å². The lowest BCUT2D eigenvalue weighted by Gasteiger charge is -1.99. The molecular formula is C11H9BrN2O. The van der Waals surface area contributed by atoms with E-state index >= 15 is 0 Å². The van der Waals surface area contributed by atoms with E-state index in [0.29, 0.717) is 0 Å². The van der Waals surface area contributed by atoms with Gasteiger partial charge in [-0.25, -0.2) is 0 Å². The summed E-state index contributed by atoms with van der Waals surface area (Å²) in [5, 5.41) is 8.67. The predicted molar refractivity (Wildman–Crippen MR) is 61.7 cm³/mol. The van der Waals surface area contributed by atoms with Gasteiger partial charge in [-0.3, -0.25) is 4.79 Å². The maximum absolute atomic E-state index is 10.8. The van der Waals surface area contributed by atoms with Gasteiger partial charge < -0.3 is 5.73 Å². The average Bonchev–Trinajstić information content (AvgIpc) is 2.12. The number of rotatable bonds is 2. The first kappa shape index (κ1) is 11.5. The van der Waals surface area contributed by atoms with Crippen LogP contribution in [0.4, 0.5) is 0 Å². The number of nitrogens with two attached hydrogens (primary N) is 1. The zero-order valence-corrected chi connectivity index (χ0v) is 9.71. The number of carbonyl (C=O) groups excluding carboxylic acids is 1. The van der Waals surface area contributed by atoms with Gasteiger partial charge >= 0.3 is 0 Å². The van der Waals surface area contributed by atoms with Crippen LogP contribution < -0.4 is 5.73 Å². The summed E-state index contributed by atoms with van der Waals surface area (Å²) in [5.74, 6) is -0.713. The average molecular weight is 265 g/mol. The van der Waals surface area contributed by atoms with Gasteiger partial charge in [0.25, 0.3) is 5.91 Å². The van der Waals surface area contributed by atoms with Gasteiger partial charge in [-0.1, -0.05) is 22.0 Å². The Hall–Kier alpha value is -1.60. The molecule has 0 saturated carbocycles. The van der Waals surface area contributed by atoms with Crippen LogP contribution in [0.3, 0.4) is 0 Å². The number of nitriles is 1. The molecule has 0 aliphatic carbocycles. The predicted octanol–water partition coefficient (Wildman–Crippen LogP) is 2.15. The number of primary amides is 1. The smallest absolute Gasteiger partial charge is 0.259 e. The molecule has 1 aromatic rings. The monoisotopic (exact) mass is 264 g/mol. The highest BCUT2D eigenvalue weighted by Gasteiger charge is 2.03. The van der Waals surface area contributed by atoms with E-state index < -0.39 is 5.91 Å². The van der Waals surface area contributed by atoms with Gasteiger partial charge in [-0.15, -0.1) is 0 Å². The normalized spacial score (nSPS) is 10.9. The van der Waals surface area contributed by atoms with Gasteiger partial charge in [0.15, 0.2) is 0 Å². The molecule has 76 valence electrons. The van der Waals surface area contributed by atoms with Crippen molar-refractivity contribution < 1.29 is 4.79 Å². The maximum Gasteiger partial charge on any atom is 0.259 e. The lowest BCUT2D eigenvalue weighted by Crippen LogP contribution is -2.12. The standard InChI is InChI=1S/C11H9BrN2O/c1-7-2-8(5-10(12)3-7)4-9(6-13)11(14)15/h2-5H,1H3,(H2,14,15)/b9-4+. The summed E-state index contributed by atoms with van der Waals surface area (Å²) in [7, 11) is 0. The van der Waals surface area contributed by atoms with E-state index in [0.717, 1.165) is 15.6 Å². The molecule has 2 N–H and O–H groups in total. The molecule has 1 amide bonds. The fraction of sp³-hybridized carbons (Fsp3) is 0.0909. The first-order valence-electron chi connectivity index (χ1n) is 4.21. The fourth-order valence-electron chi connectivity index (χ4n) is 1.17. The van der Waals surface area contributed by atoms with Gasteiger partial charge in [0, 0.05) is 4.47 Å². The van der Waals surface area contributed by atoms with Crippen molar-refractivity contribution >= 4 is 27.9 Å². The summed E-state index contributed by atoms with van der Waals surface area (Å²) >= 11 is 3.33. The molecule has 0 fully saturated rings. The fourth-order valence-corrected chi connectivity index (χ4v) is 1.80. The zero-order valence-electron chi connectivity index (χ0n) is 8.12. The van der Waals surface area contributed by atoms with Gasteiger partial charge in [0.05, 0.1) is 0 Å². The minimum atomic E-state index is -0.713. The number of hydrogen-bond acceptors (Lipinski definition) is 2. The first-order chi connectivity index (χ1) is 7.02. The first-order valence-corrected chi connectivity index (χ1v) is 5.01. The molecule has 3 nitrogen and oxygen atoms in total. The molecule has 1 aromatic carbocycles.